The van der Waals surface area contributed by atoms with E-state index in [0.717, 1.165) is 11.1 Å². The Kier molecular flexibility index (Phi) is 4.56. The van der Waals surface area contributed by atoms with Gasteiger partial charge >= 0.3 is 0 Å². The number of primary amides is 1. The zero-order valence-corrected chi connectivity index (χ0v) is 13.5. The molecule has 25 heavy (non-hydrogen) atoms. The number of benzene rings is 2. The summed E-state index contributed by atoms with van der Waals surface area (Å²) in [5.74, 6) is 0.237. The van der Waals surface area contributed by atoms with Crippen LogP contribution in [0.3, 0.4) is 0 Å². The molecule has 0 radical (unpaired) electrons. The fourth-order valence-corrected chi connectivity index (χ4v) is 2.30. The van der Waals surface area contributed by atoms with E-state index in [1.165, 1.54) is 0 Å². The lowest BCUT2D eigenvalue weighted by molar-refractivity contribution is 0.0950. The van der Waals surface area contributed by atoms with Gasteiger partial charge in [0.15, 0.2) is 5.82 Å². The van der Waals surface area contributed by atoms with Gasteiger partial charge in [-0.15, -0.1) is 0 Å². The summed E-state index contributed by atoms with van der Waals surface area (Å²) < 4.78 is 5.09. The van der Waals surface area contributed by atoms with Gasteiger partial charge < -0.3 is 15.6 Å². The quantitative estimate of drug-likeness (QED) is 0.741. The monoisotopic (exact) mass is 336 g/mol. The van der Waals surface area contributed by atoms with Crippen molar-refractivity contribution >= 4 is 11.8 Å². The van der Waals surface area contributed by atoms with Crippen LogP contribution in [0.25, 0.3) is 11.5 Å². The second-order valence-electron chi connectivity index (χ2n) is 5.47. The molecule has 0 bridgehead atoms. The number of hydrogen-bond donors (Lipinski definition) is 2. The summed E-state index contributed by atoms with van der Waals surface area (Å²) in [6, 6.07) is 13.7. The Hall–Kier alpha value is -3.48. The molecule has 0 aliphatic carbocycles. The molecule has 7 nitrogen and oxygen atoms in total. The van der Waals surface area contributed by atoms with Gasteiger partial charge in [-0.25, -0.2) is 0 Å². The predicted molar refractivity (Wildman–Crippen MR) is 90.6 cm³/mol. The summed E-state index contributed by atoms with van der Waals surface area (Å²) >= 11 is 0. The molecule has 126 valence electrons. The summed E-state index contributed by atoms with van der Waals surface area (Å²) in [7, 11) is 0. The average Bonchev–Trinajstić information content (AvgIpc) is 3.06. The molecule has 2 aromatic carbocycles. The fraction of sp³-hybridized carbons (Fsp3) is 0.111. The number of hydrogen-bond acceptors (Lipinski definition) is 5. The van der Waals surface area contributed by atoms with E-state index < -0.39 is 5.91 Å². The highest BCUT2D eigenvalue weighted by Crippen LogP contribution is 2.17. The van der Waals surface area contributed by atoms with Crippen molar-refractivity contribution in [1.29, 1.82) is 0 Å². The second kappa shape index (κ2) is 6.96. The summed E-state index contributed by atoms with van der Waals surface area (Å²) in [4.78, 5) is 27.6. The molecule has 0 saturated heterocycles. The van der Waals surface area contributed by atoms with Gasteiger partial charge in [-0.05, 0) is 48.9 Å². The minimum absolute atomic E-state index is 0.224. The van der Waals surface area contributed by atoms with Crippen LogP contribution in [0.4, 0.5) is 0 Å². The molecule has 1 heterocycles. The van der Waals surface area contributed by atoms with E-state index in [1.807, 2.05) is 6.07 Å². The first-order valence-electron chi connectivity index (χ1n) is 7.60. The van der Waals surface area contributed by atoms with Gasteiger partial charge in [-0.2, -0.15) is 4.98 Å². The fourth-order valence-electron chi connectivity index (χ4n) is 2.30. The molecule has 0 aliphatic rings. The minimum atomic E-state index is -0.500. The van der Waals surface area contributed by atoms with Crippen LogP contribution in [0.15, 0.2) is 53.1 Å². The van der Waals surface area contributed by atoms with Gasteiger partial charge in [0.25, 0.3) is 11.8 Å². The third-order valence-corrected chi connectivity index (χ3v) is 3.59. The van der Waals surface area contributed by atoms with Crippen LogP contribution in [0.5, 0.6) is 0 Å². The normalized spacial score (nSPS) is 10.4. The Labute approximate surface area is 143 Å². The van der Waals surface area contributed by atoms with Gasteiger partial charge in [-0.1, -0.05) is 17.3 Å². The van der Waals surface area contributed by atoms with Gasteiger partial charge in [0.1, 0.15) is 0 Å². The van der Waals surface area contributed by atoms with Crippen molar-refractivity contribution in [2.75, 3.05) is 0 Å². The molecule has 0 atom stereocenters. The van der Waals surface area contributed by atoms with Crippen molar-refractivity contribution < 1.29 is 14.1 Å². The Morgan fingerprint density at radius 2 is 1.88 bits per heavy atom. The van der Waals surface area contributed by atoms with E-state index in [-0.39, 0.29) is 5.91 Å². The Balaban J connectivity index is 1.65. The van der Waals surface area contributed by atoms with Crippen LogP contribution in [0.1, 0.15) is 32.1 Å². The van der Waals surface area contributed by atoms with E-state index in [4.69, 9.17) is 10.3 Å². The van der Waals surface area contributed by atoms with Crippen molar-refractivity contribution in [3.05, 3.63) is 71.0 Å². The molecule has 0 fully saturated rings. The highest BCUT2D eigenvalue weighted by atomic mass is 16.5. The standard InChI is InChI=1S/C18H16N4O3/c1-11-21-18(25-22-11)14-7-5-13(6-8-14)17(24)20-10-12-3-2-4-15(9-12)16(19)23/h2-9H,10H2,1H3,(H2,19,23)(H,20,24). The van der Waals surface area contributed by atoms with E-state index in [1.54, 1.807) is 49.4 Å². The Morgan fingerprint density at radius 3 is 2.52 bits per heavy atom. The summed E-state index contributed by atoms with van der Waals surface area (Å²) in [6.45, 7) is 2.03. The van der Waals surface area contributed by atoms with Crippen LogP contribution >= 0.6 is 0 Å². The maximum absolute atomic E-state index is 12.2. The highest BCUT2D eigenvalue weighted by Gasteiger charge is 2.09. The first-order valence-corrected chi connectivity index (χ1v) is 7.60. The van der Waals surface area contributed by atoms with Gasteiger partial charge in [0, 0.05) is 23.2 Å². The van der Waals surface area contributed by atoms with Gasteiger partial charge in [-0.3, -0.25) is 9.59 Å². The minimum Gasteiger partial charge on any atom is -0.366 e. The number of aromatic nitrogens is 2. The molecule has 3 N–H and O–H groups in total. The van der Waals surface area contributed by atoms with Crippen molar-refractivity contribution in [2.24, 2.45) is 5.73 Å². The lowest BCUT2D eigenvalue weighted by atomic mass is 10.1. The number of carbonyl (C=O) groups is 2. The van der Waals surface area contributed by atoms with Crippen LogP contribution in [0.2, 0.25) is 0 Å². The molecule has 0 unspecified atom stereocenters. The number of nitrogens with two attached hydrogens (primary N) is 1. The first kappa shape index (κ1) is 16.4. The number of carbonyl (C=O) groups excluding carboxylic acids is 2. The molecular weight excluding hydrogens is 320 g/mol. The first-order chi connectivity index (χ1) is 12.0. The van der Waals surface area contributed by atoms with Crippen molar-refractivity contribution in [1.82, 2.24) is 15.5 Å². The number of nitrogens with one attached hydrogen (secondary N) is 1. The van der Waals surface area contributed by atoms with Crippen molar-refractivity contribution in [3.8, 4) is 11.5 Å². The van der Waals surface area contributed by atoms with E-state index in [2.05, 4.69) is 15.5 Å². The molecule has 3 rings (SSSR count). The molecule has 0 aliphatic heterocycles. The molecular formula is C18H16N4O3. The zero-order chi connectivity index (χ0) is 17.8. The highest BCUT2D eigenvalue weighted by molar-refractivity contribution is 5.95. The van der Waals surface area contributed by atoms with E-state index in [0.29, 0.717) is 29.4 Å². The van der Waals surface area contributed by atoms with E-state index in [9.17, 15) is 9.59 Å². The number of nitrogens with zero attached hydrogens (tertiary/aromatic N) is 2. The third-order valence-electron chi connectivity index (χ3n) is 3.59. The second-order valence-corrected chi connectivity index (χ2v) is 5.47. The lowest BCUT2D eigenvalue weighted by Gasteiger charge is -2.07. The number of amides is 2. The molecule has 1 aromatic heterocycles. The maximum Gasteiger partial charge on any atom is 0.257 e. The van der Waals surface area contributed by atoms with E-state index >= 15 is 0 Å². The van der Waals surface area contributed by atoms with Gasteiger partial charge in [0.2, 0.25) is 5.91 Å². The van der Waals surface area contributed by atoms with Crippen LogP contribution < -0.4 is 11.1 Å². The maximum atomic E-state index is 12.2. The molecule has 3 aromatic rings. The summed E-state index contributed by atoms with van der Waals surface area (Å²) in [5.41, 5.74) is 7.70. The number of aryl methyl sites for hydroxylation is 1. The topological polar surface area (TPSA) is 111 Å². The third kappa shape index (κ3) is 3.89. The Bertz CT molecular complexity index is 916. The molecule has 0 spiro atoms. The van der Waals surface area contributed by atoms with Crippen molar-refractivity contribution in [2.45, 2.75) is 13.5 Å². The SMILES string of the molecule is Cc1noc(-c2ccc(C(=O)NCc3cccc(C(N)=O)c3)cc2)n1. The van der Waals surface area contributed by atoms with Gasteiger partial charge in [0.05, 0.1) is 0 Å². The van der Waals surface area contributed by atoms with Crippen molar-refractivity contribution in [3.63, 3.8) is 0 Å². The molecule has 7 heteroatoms. The Morgan fingerprint density at radius 1 is 1.12 bits per heavy atom. The number of rotatable bonds is 5. The average molecular weight is 336 g/mol. The molecule has 0 saturated carbocycles. The predicted octanol–water partition coefficient (Wildman–Crippen LogP) is 2.07. The smallest absolute Gasteiger partial charge is 0.257 e. The van der Waals surface area contributed by atoms with Crippen LogP contribution in [-0.2, 0) is 6.54 Å². The summed E-state index contributed by atoms with van der Waals surface area (Å²) in [6.07, 6.45) is 0. The zero-order valence-electron chi connectivity index (χ0n) is 13.5. The summed E-state index contributed by atoms with van der Waals surface area (Å²) in [5, 5.41) is 6.54. The largest absolute Gasteiger partial charge is 0.366 e. The van der Waals surface area contributed by atoms with Crippen LogP contribution in [0, 0.1) is 6.92 Å². The molecule has 2 amide bonds. The van der Waals surface area contributed by atoms with Crippen LogP contribution in [-0.4, -0.2) is 22.0 Å². The lowest BCUT2D eigenvalue weighted by Crippen LogP contribution is -2.23.